The third-order valence-electron chi connectivity index (χ3n) is 5.28. The zero-order valence-electron chi connectivity index (χ0n) is 18.8. The zero-order chi connectivity index (χ0) is 27.2. The smallest absolute Gasteiger partial charge is 0.372 e. The zero-order valence-corrected chi connectivity index (χ0v) is 19.6. The number of carbonyl (C=O) groups is 1. The summed E-state index contributed by atoms with van der Waals surface area (Å²) in [7, 11) is -6.14. The van der Waals surface area contributed by atoms with Crippen molar-refractivity contribution in [2.24, 2.45) is 0 Å². The number of carbonyl (C=O) groups excluding carboxylic acids is 1. The van der Waals surface area contributed by atoms with Crippen LogP contribution >= 0.6 is 0 Å². The van der Waals surface area contributed by atoms with Crippen LogP contribution in [0.3, 0.4) is 0 Å². The van der Waals surface area contributed by atoms with E-state index in [4.69, 9.17) is 0 Å². The van der Waals surface area contributed by atoms with E-state index >= 15 is 0 Å². The van der Waals surface area contributed by atoms with Gasteiger partial charge in [0, 0.05) is 24.9 Å². The van der Waals surface area contributed by atoms with E-state index in [0.717, 1.165) is 12.3 Å². The molecule has 1 amide bonds. The van der Waals surface area contributed by atoms with Gasteiger partial charge in [0.15, 0.2) is 22.9 Å². The molecule has 1 aliphatic carbocycles. The van der Waals surface area contributed by atoms with Crippen molar-refractivity contribution in [2.75, 3.05) is 5.32 Å². The Morgan fingerprint density at radius 2 is 1.92 bits per heavy atom. The first-order chi connectivity index (χ1) is 17.9. The van der Waals surface area contributed by atoms with Crippen molar-refractivity contribution >= 4 is 33.2 Å². The lowest BCUT2D eigenvalue weighted by Crippen LogP contribution is -2.29. The second-order valence-electron chi connectivity index (χ2n) is 8.00. The van der Waals surface area contributed by atoms with Gasteiger partial charge in [0.2, 0.25) is 0 Å². The van der Waals surface area contributed by atoms with E-state index in [9.17, 15) is 35.6 Å². The molecule has 1 saturated carbocycles. The van der Waals surface area contributed by atoms with Gasteiger partial charge in [-0.3, -0.25) is 14.2 Å². The average Bonchev–Trinajstić information content (AvgIpc) is 3.37. The molecule has 0 radical (unpaired) electrons. The molecule has 2 N–H and O–H groups in total. The van der Waals surface area contributed by atoms with Gasteiger partial charge >= 0.3 is 15.6 Å². The molecule has 1 unspecified atom stereocenters. The minimum atomic E-state index is -6.14. The Hall–Kier alpha value is -4.54. The maximum Gasteiger partial charge on any atom is 0.534 e. The standard InChI is InChI=1S/C21H15F4N7O5S/c22-11-8-13(11)29-19(33)14-10-27-18-15(37-38(35,36)21(23,24)25)9-16(30-32(14)18)28-12-4-3-7-31(20(12)34)17-5-1-2-6-26-17/h1-7,9-11,13H,8H2,(H,28,30)(H,29,33)/t11-,13?/m0/s1. The molecule has 0 aromatic carbocycles. The number of nitrogens with zero attached hydrogens (tertiary/aromatic N) is 5. The maximum absolute atomic E-state index is 13.3. The Morgan fingerprint density at radius 3 is 2.58 bits per heavy atom. The molecule has 4 heterocycles. The predicted octanol–water partition coefficient (Wildman–Crippen LogP) is 2.09. The van der Waals surface area contributed by atoms with Gasteiger partial charge in [-0.15, -0.1) is 5.10 Å². The summed E-state index contributed by atoms with van der Waals surface area (Å²) in [6, 6.07) is 7.66. The molecule has 2 atom stereocenters. The summed E-state index contributed by atoms with van der Waals surface area (Å²) in [4.78, 5) is 33.4. The van der Waals surface area contributed by atoms with Gasteiger partial charge in [0.1, 0.15) is 17.7 Å². The van der Waals surface area contributed by atoms with Crippen molar-refractivity contribution in [1.29, 1.82) is 0 Å². The lowest BCUT2D eigenvalue weighted by Gasteiger charge is -2.13. The fourth-order valence-corrected chi connectivity index (χ4v) is 3.80. The molecule has 38 heavy (non-hydrogen) atoms. The average molecular weight is 553 g/mol. The van der Waals surface area contributed by atoms with Crippen LogP contribution in [-0.2, 0) is 10.1 Å². The molecule has 0 spiro atoms. The number of fused-ring (bicyclic) bond motifs is 1. The van der Waals surface area contributed by atoms with Crippen LogP contribution in [-0.4, -0.2) is 56.2 Å². The molecule has 5 rings (SSSR count). The summed E-state index contributed by atoms with van der Waals surface area (Å²) in [5.41, 5.74) is -7.44. The minimum Gasteiger partial charge on any atom is -0.372 e. The lowest BCUT2D eigenvalue weighted by atomic mass is 10.3. The molecule has 12 nitrogen and oxygen atoms in total. The number of amides is 1. The number of rotatable bonds is 7. The number of anilines is 2. The van der Waals surface area contributed by atoms with Crippen LogP contribution in [0.2, 0.25) is 0 Å². The Bertz CT molecular complexity index is 1710. The normalized spacial score (nSPS) is 17.3. The number of nitrogens with one attached hydrogen (secondary N) is 2. The summed E-state index contributed by atoms with van der Waals surface area (Å²) in [5.74, 6) is -1.91. The molecule has 0 saturated heterocycles. The van der Waals surface area contributed by atoms with Crippen molar-refractivity contribution < 1.29 is 35.0 Å². The summed E-state index contributed by atoms with van der Waals surface area (Å²) in [6.07, 6.45) is 2.61. The molecule has 4 aromatic heterocycles. The van der Waals surface area contributed by atoms with Crippen LogP contribution in [0.25, 0.3) is 11.5 Å². The van der Waals surface area contributed by atoms with Crippen molar-refractivity contribution in [1.82, 2.24) is 29.5 Å². The number of pyridine rings is 2. The van der Waals surface area contributed by atoms with E-state index in [-0.39, 0.29) is 29.4 Å². The van der Waals surface area contributed by atoms with E-state index in [1.54, 1.807) is 18.2 Å². The third kappa shape index (κ3) is 4.74. The van der Waals surface area contributed by atoms with Gasteiger partial charge in [0.05, 0.1) is 12.2 Å². The highest BCUT2D eigenvalue weighted by Gasteiger charge is 2.49. The van der Waals surface area contributed by atoms with Gasteiger partial charge in [-0.05, 0) is 24.3 Å². The molecule has 0 aliphatic heterocycles. The largest absolute Gasteiger partial charge is 0.534 e. The van der Waals surface area contributed by atoms with Gasteiger partial charge < -0.3 is 14.8 Å². The topological polar surface area (TPSA) is 150 Å². The summed E-state index contributed by atoms with van der Waals surface area (Å²) in [6.45, 7) is 0. The third-order valence-corrected chi connectivity index (χ3v) is 6.25. The molecular weight excluding hydrogens is 538 g/mol. The second kappa shape index (κ2) is 9.09. The van der Waals surface area contributed by atoms with Gasteiger partial charge in [-0.1, -0.05) is 6.07 Å². The highest BCUT2D eigenvalue weighted by atomic mass is 32.2. The van der Waals surface area contributed by atoms with E-state index in [1.807, 2.05) is 0 Å². The van der Waals surface area contributed by atoms with Crippen molar-refractivity contribution in [3.63, 3.8) is 0 Å². The van der Waals surface area contributed by atoms with Crippen molar-refractivity contribution in [2.45, 2.75) is 24.1 Å². The van der Waals surface area contributed by atoms with Crippen LogP contribution < -0.4 is 20.4 Å². The van der Waals surface area contributed by atoms with Crippen molar-refractivity contribution in [3.8, 4) is 11.6 Å². The van der Waals surface area contributed by atoms with Gasteiger partial charge in [0.25, 0.3) is 11.5 Å². The van der Waals surface area contributed by atoms with E-state index in [0.29, 0.717) is 4.52 Å². The molecule has 1 fully saturated rings. The first-order valence-electron chi connectivity index (χ1n) is 10.7. The number of aromatic nitrogens is 5. The van der Waals surface area contributed by atoms with Gasteiger partial charge in [-0.25, -0.2) is 18.9 Å². The molecular formula is C21H15F4N7O5S. The molecule has 4 aromatic rings. The van der Waals surface area contributed by atoms with Crippen LogP contribution in [0.1, 0.15) is 16.9 Å². The first kappa shape index (κ1) is 25.1. The first-order valence-corrected chi connectivity index (χ1v) is 12.1. The predicted molar refractivity (Wildman–Crippen MR) is 122 cm³/mol. The fraction of sp³-hybridized carbons (Fsp3) is 0.190. The molecule has 1 aliphatic rings. The van der Waals surface area contributed by atoms with Crippen molar-refractivity contribution in [3.05, 3.63) is 71.0 Å². The van der Waals surface area contributed by atoms with Crippen LogP contribution in [0, 0.1) is 0 Å². The minimum absolute atomic E-state index is 0.0808. The number of alkyl halides is 4. The summed E-state index contributed by atoms with van der Waals surface area (Å²) < 4.78 is 81.9. The Labute approximate surface area is 210 Å². The second-order valence-corrected chi connectivity index (χ2v) is 9.54. The van der Waals surface area contributed by atoms with E-state index in [2.05, 4.69) is 29.9 Å². The van der Waals surface area contributed by atoms with Crippen LogP contribution in [0.15, 0.2) is 59.8 Å². The summed E-state index contributed by atoms with van der Waals surface area (Å²) >= 11 is 0. The quantitative estimate of drug-likeness (QED) is 0.199. The fourth-order valence-electron chi connectivity index (χ4n) is 3.34. The Morgan fingerprint density at radius 1 is 1.16 bits per heavy atom. The number of halogens is 4. The van der Waals surface area contributed by atoms with E-state index in [1.165, 1.54) is 29.1 Å². The maximum atomic E-state index is 13.3. The Kier molecular flexibility index (Phi) is 6.01. The van der Waals surface area contributed by atoms with Gasteiger partial charge in [-0.2, -0.15) is 21.6 Å². The number of hydrogen-bond acceptors (Lipinski definition) is 9. The molecule has 0 bridgehead atoms. The van der Waals surface area contributed by atoms with Crippen LogP contribution in [0.5, 0.6) is 5.75 Å². The Balaban J connectivity index is 1.59. The highest BCUT2D eigenvalue weighted by Crippen LogP contribution is 2.31. The molecule has 17 heteroatoms. The SMILES string of the molecule is O=C(NC1C[C@@H]1F)c1cnc2c(OS(=O)(=O)C(F)(F)F)cc(Nc3cccn(-c4ccccn4)c3=O)nn12. The lowest BCUT2D eigenvalue weighted by molar-refractivity contribution is -0.0499. The van der Waals surface area contributed by atoms with E-state index < -0.39 is 50.7 Å². The highest BCUT2D eigenvalue weighted by molar-refractivity contribution is 7.88. The van der Waals surface area contributed by atoms with Crippen LogP contribution in [0.4, 0.5) is 29.1 Å². The summed E-state index contributed by atoms with van der Waals surface area (Å²) in [5, 5.41) is 9.01. The number of hydrogen-bond donors (Lipinski definition) is 2. The monoisotopic (exact) mass is 553 g/mol. The molecule has 198 valence electrons. The number of imidazole rings is 1.